The van der Waals surface area contributed by atoms with Gasteiger partial charge in [0.05, 0.1) is 11.4 Å². The molecule has 0 unspecified atom stereocenters. The summed E-state index contributed by atoms with van der Waals surface area (Å²) in [6, 6.07) is 17.0. The van der Waals surface area contributed by atoms with Gasteiger partial charge in [-0.1, -0.05) is 34.1 Å². The van der Waals surface area contributed by atoms with Crippen LogP contribution in [0, 0.1) is 0 Å². The van der Waals surface area contributed by atoms with Crippen LogP contribution in [0.25, 0.3) is 0 Å². The van der Waals surface area contributed by atoms with Crippen molar-refractivity contribution in [3.05, 3.63) is 82.9 Å². The van der Waals surface area contributed by atoms with Gasteiger partial charge >= 0.3 is 6.09 Å². The van der Waals surface area contributed by atoms with Gasteiger partial charge in [0.2, 0.25) is 12.7 Å². The van der Waals surface area contributed by atoms with Gasteiger partial charge in [-0.15, -0.1) is 0 Å². The molecule has 3 aromatic carbocycles. The van der Waals surface area contributed by atoms with Gasteiger partial charge in [0.15, 0.2) is 11.5 Å². The predicted octanol–water partition coefficient (Wildman–Crippen LogP) is 6.12. The van der Waals surface area contributed by atoms with Gasteiger partial charge < -0.3 is 30.4 Å². The smallest absolute Gasteiger partial charge is 0.412 e. The lowest BCUT2D eigenvalue weighted by molar-refractivity contribution is -0.111. The molecule has 1 aliphatic heterocycles. The average molecular weight is 568 g/mol. The van der Waals surface area contributed by atoms with Crippen LogP contribution >= 0.6 is 15.9 Å². The molecule has 0 spiro atoms. The molecule has 1 atom stereocenters. The second-order valence-corrected chi connectivity index (χ2v) is 9.12. The number of unbranched alkanes of at least 4 members (excludes halogenated alkanes) is 1. The summed E-state index contributed by atoms with van der Waals surface area (Å²) in [6.45, 7) is 0.129. The zero-order valence-electron chi connectivity index (χ0n) is 19.8. The average Bonchev–Trinajstić information content (AvgIpc) is 3.34. The number of hydrogen-bond acceptors (Lipinski definition) is 7. The molecule has 0 fully saturated rings. The number of carbonyl (C=O) groups is 2. The number of carbonyl (C=O) groups excluding carboxylic acids is 2. The number of phenols is 1. The molecule has 0 saturated carbocycles. The number of para-hydroxylation sites is 2. The Morgan fingerprint density at radius 1 is 1.08 bits per heavy atom. The van der Waals surface area contributed by atoms with E-state index in [2.05, 4.69) is 26.6 Å². The molecule has 5 N–H and O–H groups in total. The second kappa shape index (κ2) is 12.2. The summed E-state index contributed by atoms with van der Waals surface area (Å²) >= 11 is 3.40. The summed E-state index contributed by atoms with van der Waals surface area (Å²) < 4.78 is 17.1. The summed E-state index contributed by atoms with van der Waals surface area (Å²) in [7, 11) is 0. The van der Waals surface area contributed by atoms with Crippen LogP contribution in [0.1, 0.15) is 30.9 Å². The van der Waals surface area contributed by atoms with E-state index in [9.17, 15) is 14.7 Å². The monoisotopic (exact) mass is 567 g/mol. The van der Waals surface area contributed by atoms with Gasteiger partial charge in [0, 0.05) is 21.8 Å². The number of rotatable bonds is 9. The molecule has 9 nitrogen and oxygen atoms in total. The van der Waals surface area contributed by atoms with E-state index < -0.39 is 12.2 Å². The summed E-state index contributed by atoms with van der Waals surface area (Å²) in [5, 5.41) is 15.8. The van der Waals surface area contributed by atoms with Crippen LogP contribution in [0.5, 0.6) is 17.2 Å². The molecule has 0 radical (unpaired) electrons. The van der Waals surface area contributed by atoms with Gasteiger partial charge in [0.25, 0.3) is 0 Å². The van der Waals surface area contributed by atoms with Gasteiger partial charge in [-0.2, -0.15) is 0 Å². The van der Waals surface area contributed by atoms with Crippen molar-refractivity contribution in [1.82, 2.24) is 0 Å². The minimum Gasteiger partial charge on any atom is -0.508 e. The SMILES string of the molecule is Nc1ccccc1NC(=O)/C=C/CCC[C@H](OC(=O)Nc1ccc2c(c1)OCO2)c1cc(Br)ccc1O. The largest absolute Gasteiger partial charge is 0.508 e. The standard InChI is InChI=1S/C27H26BrN3O6/c28-17-10-12-22(32)19(14-17)23(37-27(34)30-18-11-13-24-25(15-18)36-16-35-24)8-2-1-3-9-26(33)31-21-7-5-4-6-20(21)29/h3-7,9-15,23,32H,1-2,8,16,29H2,(H,30,34)(H,31,33)/b9-3+/t23-/m0/s1. The Hall–Kier alpha value is -4.18. The van der Waals surface area contributed by atoms with Crippen molar-refractivity contribution >= 4 is 45.0 Å². The van der Waals surface area contributed by atoms with Gasteiger partial charge in [0.1, 0.15) is 11.9 Å². The van der Waals surface area contributed by atoms with Crippen LogP contribution in [-0.4, -0.2) is 23.9 Å². The maximum absolute atomic E-state index is 12.7. The molecular formula is C27H26BrN3O6. The van der Waals surface area contributed by atoms with Gasteiger partial charge in [-0.3, -0.25) is 10.1 Å². The highest BCUT2D eigenvalue weighted by molar-refractivity contribution is 9.10. The summed E-state index contributed by atoms with van der Waals surface area (Å²) in [4.78, 5) is 24.9. The Kier molecular flexibility index (Phi) is 8.52. The Morgan fingerprint density at radius 2 is 1.89 bits per heavy atom. The Morgan fingerprint density at radius 3 is 2.73 bits per heavy atom. The number of ether oxygens (including phenoxy) is 3. The summed E-state index contributed by atoms with van der Waals surface area (Å²) in [6.07, 6.45) is 3.32. The zero-order chi connectivity index (χ0) is 26.2. The first-order valence-electron chi connectivity index (χ1n) is 11.6. The number of phenolic OH excluding ortho intramolecular Hbond substituents is 1. The lowest BCUT2D eigenvalue weighted by Crippen LogP contribution is -2.18. The number of aromatic hydroxyl groups is 1. The molecule has 4 rings (SSSR count). The Balaban J connectivity index is 1.35. The van der Waals surface area contributed by atoms with E-state index in [1.165, 1.54) is 12.1 Å². The van der Waals surface area contributed by atoms with E-state index in [1.54, 1.807) is 60.7 Å². The number of fused-ring (bicyclic) bond motifs is 1. The lowest BCUT2D eigenvalue weighted by Gasteiger charge is -2.20. The number of nitrogens with two attached hydrogens (primary N) is 1. The number of anilines is 3. The highest BCUT2D eigenvalue weighted by Crippen LogP contribution is 2.36. The van der Waals surface area contributed by atoms with Crippen LogP contribution in [0.4, 0.5) is 21.9 Å². The first-order valence-corrected chi connectivity index (χ1v) is 12.4. The molecule has 37 heavy (non-hydrogen) atoms. The quantitative estimate of drug-likeness (QED) is 0.139. The van der Waals surface area contributed by atoms with E-state index in [0.29, 0.717) is 53.4 Å². The van der Waals surface area contributed by atoms with Crippen LogP contribution in [0.2, 0.25) is 0 Å². The molecular weight excluding hydrogens is 542 g/mol. The fraction of sp³-hybridized carbons (Fsp3) is 0.185. The minimum atomic E-state index is -0.724. The topological polar surface area (TPSA) is 132 Å². The van der Waals surface area contributed by atoms with E-state index >= 15 is 0 Å². The van der Waals surface area contributed by atoms with Gasteiger partial charge in [-0.05, 0) is 67.8 Å². The summed E-state index contributed by atoms with van der Waals surface area (Å²) in [5.74, 6) is 0.854. The number of halogens is 1. The summed E-state index contributed by atoms with van der Waals surface area (Å²) in [5.41, 5.74) is 7.83. The molecule has 3 aromatic rings. The number of nitrogen functional groups attached to an aromatic ring is 1. The third-order valence-corrected chi connectivity index (χ3v) is 6.02. The molecule has 0 aromatic heterocycles. The van der Waals surface area contributed by atoms with Crippen molar-refractivity contribution in [2.45, 2.75) is 25.4 Å². The van der Waals surface area contributed by atoms with Crippen molar-refractivity contribution in [1.29, 1.82) is 0 Å². The number of allylic oxidation sites excluding steroid dienone is 1. The third-order valence-electron chi connectivity index (χ3n) is 5.53. The molecule has 192 valence electrons. The molecule has 0 saturated heterocycles. The highest BCUT2D eigenvalue weighted by atomic mass is 79.9. The zero-order valence-corrected chi connectivity index (χ0v) is 21.4. The highest BCUT2D eigenvalue weighted by Gasteiger charge is 2.21. The minimum absolute atomic E-state index is 0.0134. The van der Waals surface area contributed by atoms with Crippen molar-refractivity contribution in [3.8, 4) is 17.2 Å². The van der Waals surface area contributed by atoms with Crippen molar-refractivity contribution in [2.75, 3.05) is 23.2 Å². The van der Waals surface area contributed by atoms with Crippen LogP contribution in [0.15, 0.2) is 77.3 Å². The lowest BCUT2D eigenvalue weighted by atomic mass is 10.0. The number of amides is 2. The van der Waals surface area contributed by atoms with Crippen LogP contribution in [0.3, 0.4) is 0 Å². The molecule has 1 heterocycles. The van der Waals surface area contributed by atoms with Crippen molar-refractivity contribution in [3.63, 3.8) is 0 Å². The predicted molar refractivity (Wildman–Crippen MR) is 144 cm³/mol. The third kappa shape index (κ3) is 7.17. The van der Waals surface area contributed by atoms with E-state index in [1.807, 2.05) is 0 Å². The van der Waals surface area contributed by atoms with Crippen LogP contribution < -0.4 is 25.8 Å². The van der Waals surface area contributed by atoms with Crippen molar-refractivity contribution < 1.29 is 28.9 Å². The first-order chi connectivity index (χ1) is 17.9. The molecule has 2 amide bonds. The van der Waals surface area contributed by atoms with E-state index in [4.69, 9.17) is 19.9 Å². The van der Waals surface area contributed by atoms with E-state index in [0.717, 1.165) is 4.47 Å². The Labute approximate surface area is 222 Å². The maximum Gasteiger partial charge on any atom is 0.412 e. The van der Waals surface area contributed by atoms with Crippen LogP contribution in [-0.2, 0) is 9.53 Å². The number of benzene rings is 3. The molecule has 0 bridgehead atoms. The molecule has 0 aliphatic carbocycles. The fourth-order valence-corrected chi connectivity index (χ4v) is 4.09. The van der Waals surface area contributed by atoms with E-state index in [-0.39, 0.29) is 18.4 Å². The molecule has 10 heteroatoms. The maximum atomic E-state index is 12.7. The van der Waals surface area contributed by atoms with Gasteiger partial charge in [-0.25, -0.2) is 4.79 Å². The fourth-order valence-electron chi connectivity index (χ4n) is 3.71. The Bertz CT molecular complexity index is 1310. The normalized spacial score (nSPS) is 12.8. The number of nitrogens with one attached hydrogen (secondary N) is 2. The van der Waals surface area contributed by atoms with Crippen molar-refractivity contribution in [2.24, 2.45) is 0 Å². The molecule has 1 aliphatic rings. The number of hydrogen-bond donors (Lipinski definition) is 4. The first kappa shape index (κ1) is 25.9. The second-order valence-electron chi connectivity index (χ2n) is 8.20.